The maximum absolute atomic E-state index is 12.5. The minimum Gasteiger partial charge on any atom is -0.480 e. The number of nitrogens with one attached hydrogen (secondary N) is 4. The van der Waals surface area contributed by atoms with Gasteiger partial charge in [0.1, 0.15) is 12.1 Å². The number of rotatable bonds is 14. The first kappa shape index (κ1) is 26.4. The van der Waals surface area contributed by atoms with E-state index in [4.69, 9.17) is 5.73 Å². The average Bonchev–Trinajstić information content (AvgIpc) is 3.25. The lowest BCUT2D eigenvalue weighted by atomic mass is 9.99. The number of carbonyl (C=O) groups is 4. The van der Waals surface area contributed by atoms with E-state index in [1.807, 2.05) is 13.2 Å². The van der Waals surface area contributed by atoms with E-state index in [2.05, 4.69) is 25.9 Å². The molecule has 1 aromatic rings. The van der Waals surface area contributed by atoms with Gasteiger partial charge in [0.25, 0.3) is 0 Å². The smallest absolute Gasteiger partial charge is 0.326 e. The number of H-pyrrole nitrogens is 1. The van der Waals surface area contributed by atoms with Crippen LogP contribution in [0.5, 0.6) is 0 Å². The lowest BCUT2D eigenvalue weighted by Crippen LogP contribution is -2.54. The number of carboxylic acids is 1. The van der Waals surface area contributed by atoms with Crippen LogP contribution in [0.3, 0.4) is 0 Å². The van der Waals surface area contributed by atoms with Gasteiger partial charge in [0.15, 0.2) is 0 Å². The summed E-state index contributed by atoms with van der Waals surface area (Å²) in [6, 6.07) is -2.78. The van der Waals surface area contributed by atoms with Crippen LogP contribution in [-0.2, 0) is 25.6 Å². The van der Waals surface area contributed by atoms with E-state index >= 15 is 0 Å². The van der Waals surface area contributed by atoms with Crippen LogP contribution in [0.1, 0.15) is 32.4 Å². The maximum atomic E-state index is 12.5. The largest absolute Gasteiger partial charge is 0.480 e. The Morgan fingerprint density at radius 1 is 1.26 bits per heavy atom. The highest BCUT2D eigenvalue weighted by molar-refractivity contribution is 7.98. The maximum Gasteiger partial charge on any atom is 0.326 e. The first-order valence-corrected chi connectivity index (χ1v) is 11.4. The second-order valence-corrected chi connectivity index (χ2v) is 8.20. The summed E-state index contributed by atoms with van der Waals surface area (Å²) >= 11 is 1.51. The Labute approximate surface area is 185 Å². The SMILES string of the molecule is CCC(C)C(NC(=O)CNC(=O)C(CCSC)NC(=O)C(N)Cc1cnc[nH]1)C(=O)O. The molecule has 12 heteroatoms. The van der Waals surface area contributed by atoms with Crippen LogP contribution < -0.4 is 21.7 Å². The molecule has 0 fully saturated rings. The van der Waals surface area contributed by atoms with Gasteiger partial charge >= 0.3 is 5.97 Å². The number of nitrogens with two attached hydrogens (primary N) is 1. The quantitative estimate of drug-likeness (QED) is 0.211. The van der Waals surface area contributed by atoms with E-state index < -0.39 is 48.4 Å². The van der Waals surface area contributed by atoms with Crippen molar-refractivity contribution in [2.75, 3.05) is 18.6 Å². The first-order valence-electron chi connectivity index (χ1n) is 10.0. The normalized spacial score (nSPS) is 14.7. The van der Waals surface area contributed by atoms with Gasteiger partial charge in [-0.05, 0) is 24.3 Å². The fourth-order valence-corrected chi connectivity index (χ4v) is 3.18. The van der Waals surface area contributed by atoms with Crippen molar-refractivity contribution in [1.29, 1.82) is 0 Å². The topological polar surface area (TPSA) is 179 Å². The summed E-state index contributed by atoms with van der Waals surface area (Å²) in [6.45, 7) is 3.15. The zero-order valence-corrected chi connectivity index (χ0v) is 18.8. The molecule has 0 bridgehead atoms. The predicted molar refractivity (Wildman–Crippen MR) is 117 cm³/mol. The van der Waals surface area contributed by atoms with Crippen molar-refractivity contribution < 1.29 is 24.3 Å². The lowest BCUT2D eigenvalue weighted by molar-refractivity contribution is -0.143. The molecule has 4 atom stereocenters. The van der Waals surface area contributed by atoms with E-state index in [1.54, 1.807) is 13.1 Å². The molecular formula is C19H32N6O5S. The highest BCUT2D eigenvalue weighted by Gasteiger charge is 2.27. The van der Waals surface area contributed by atoms with E-state index in [-0.39, 0.29) is 12.3 Å². The summed E-state index contributed by atoms with van der Waals surface area (Å²) in [7, 11) is 0. The molecular weight excluding hydrogens is 424 g/mol. The molecule has 31 heavy (non-hydrogen) atoms. The van der Waals surface area contributed by atoms with Crippen molar-refractivity contribution >= 4 is 35.5 Å². The van der Waals surface area contributed by atoms with Gasteiger partial charge in [-0.2, -0.15) is 11.8 Å². The zero-order valence-electron chi connectivity index (χ0n) is 18.0. The summed E-state index contributed by atoms with van der Waals surface area (Å²) in [5, 5.41) is 16.8. The van der Waals surface area contributed by atoms with Crippen molar-refractivity contribution in [3.63, 3.8) is 0 Å². The summed E-state index contributed by atoms with van der Waals surface area (Å²) in [6.07, 6.45) is 6.07. The number of carbonyl (C=O) groups excluding carboxylic acids is 3. The molecule has 3 amide bonds. The Bertz CT molecular complexity index is 729. The molecule has 0 aromatic carbocycles. The number of hydrogen-bond donors (Lipinski definition) is 6. The van der Waals surface area contributed by atoms with E-state index in [1.165, 1.54) is 18.1 Å². The molecule has 174 valence electrons. The van der Waals surface area contributed by atoms with Crippen LogP contribution in [0.25, 0.3) is 0 Å². The highest BCUT2D eigenvalue weighted by atomic mass is 32.2. The number of nitrogens with zero attached hydrogens (tertiary/aromatic N) is 1. The Morgan fingerprint density at radius 3 is 2.52 bits per heavy atom. The van der Waals surface area contributed by atoms with Gasteiger partial charge in [-0.3, -0.25) is 14.4 Å². The lowest BCUT2D eigenvalue weighted by Gasteiger charge is -2.22. The molecule has 0 aliphatic carbocycles. The van der Waals surface area contributed by atoms with Crippen LogP contribution in [-0.4, -0.2) is 75.4 Å². The average molecular weight is 457 g/mol. The number of carboxylic acid groups (broad SMARTS) is 1. The molecule has 0 spiro atoms. The monoisotopic (exact) mass is 456 g/mol. The number of imidazole rings is 1. The van der Waals surface area contributed by atoms with Gasteiger partial charge in [0.05, 0.1) is 18.9 Å². The zero-order chi connectivity index (χ0) is 23.4. The third-order valence-corrected chi connectivity index (χ3v) is 5.44. The number of hydrogen-bond acceptors (Lipinski definition) is 7. The molecule has 0 radical (unpaired) electrons. The molecule has 0 aliphatic rings. The van der Waals surface area contributed by atoms with Crippen molar-refractivity contribution in [1.82, 2.24) is 25.9 Å². The molecule has 0 saturated heterocycles. The molecule has 1 aromatic heterocycles. The predicted octanol–water partition coefficient (Wildman–Crippen LogP) is -0.751. The van der Waals surface area contributed by atoms with Gasteiger partial charge in [-0.15, -0.1) is 0 Å². The fourth-order valence-electron chi connectivity index (χ4n) is 2.71. The summed E-state index contributed by atoms with van der Waals surface area (Å²) in [5.74, 6) is -2.45. The van der Waals surface area contributed by atoms with Crippen LogP contribution in [0.15, 0.2) is 12.5 Å². The minimum atomic E-state index is -1.13. The second-order valence-electron chi connectivity index (χ2n) is 7.22. The van der Waals surface area contributed by atoms with Gasteiger partial charge in [0.2, 0.25) is 17.7 Å². The van der Waals surface area contributed by atoms with Gasteiger partial charge in [-0.1, -0.05) is 20.3 Å². The molecule has 4 unspecified atom stereocenters. The van der Waals surface area contributed by atoms with Crippen LogP contribution in [0.4, 0.5) is 0 Å². The van der Waals surface area contributed by atoms with Crippen molar-refractivity contribution in [2.24, 2.45) is 11.7 Å². The minimum absolute atomic E-state index is 0.233. The number of aromatic amines is 1. The van der Waals surface area contributed by atoms with Crippen molar-refractivity contribution in [2.45, 2.75) is 51.2 Å². The third kappa shape index (κ3) is 9.39. The van der Waals surface area contributed by atoms with E-state index in [9.17, 15) is 24.3 Å². The summed E-state index contributed by atoms with van der Waals surface area (Å²) in [4.78, 5) is 55.1. The van der Waals surface area contributed by atoms with Gasteiger partial charge in [0, 0.05) is 18.3 Å². The van der Waals surface area contributed by atoms with Crippen LogP contribution in [0, 0.1) is 5.92 Å². The first-order chi connectivity index (χ1) is 14.7. The summed E-state index contributed by atoms with van der Waals surface area (Å²) < 4.78 is 0. The van der Waals surface area contributed by atoms with Crippen LogP contribution >= 0.6 is 11.8 Å². The molecule has 7 N–H and O–H groups in total. The van der Waals surface area contributed by atoms with E-state index in [0.29, 0.717) is 24.3 Å². The molecule has 1 heterocycles. The second kappa shape index (κ2) is 13.7. The van der Waals surface area contributed by atoms with Crippen molar-refractivity contribution in [3.05, 3.63) is 18.2 Å². The van der Waals surface area contributed by atoms with E-state index in [0.717, 1.165) is 0 Å². The molecule has 11 nitrogen and oxygen atoms in total. The highest BCUT2D eigenvalue weighted by Crippen LogP contribution is 2.08. The molecule has 1 rings (SSSR count). The Kier molecular flexibility index (Phi) is 11.6. The number of amides is 3. The fraction of sp³-hybridized carbons (Fsp3) is 0.632. The molecule has 0 saturated carbocycles. The summed E-state index contributed by atoms with van der Waals surface area (Å²) in [5.41, 5.74) is 6.61. The van der Waals surface area contributed by atoms with Gasteiger partial charge < -0.3 is 31.8 Å². The number of aliphatic carboxylic acids is 1. The standard InChI is InChI=1S/C19H32N6O5S/c1-4-11(2)16(19(29)30)25-15(26)9-22-18(28)14(5-6-31-3)24-17(27)13(20)7-12-8-21-10-23-12/h8,10-11,13-14,16H,4-7,9,20H2,1-3H3,(H,21,23)(H,22,28)(H,24,27)(H,25,26)(H,29,30). The Hall–Kier alpha value is -2.60. The number of thioether (sulfide) groups is 1. The van der Waals surface area contributed by atoms with Crippen LogP contribution in [0.2, 0.25) is 0 Å². The number of aromatic nitrogens is 2. The van der Waals surface area contributed by atoms with Gasteiger partial charge in [-0.25, -0.2) is 9.78 Å². The van der Waals surface area contributed by atoms with Crippen molar-refractivity contribution in [3.8, 4) is 0 Å². The molecule has 0 aliphatic heterocycles. The Morgan fingerprint density at radius 2 is 1.97 bits per heavy atom. The Balaban J connectivity index is 2.63. The third-order valence-electron chi connectivity index (χ3n) is 4.79.